The largest absolute Gasteiger partial charge is 0.352 e. The molecule has 0 aromatic heterocycles. The molecule has 2 amide bonds. The summed E-state index contributed by atoms with van der Waals surface area (Å²) in [6.07, 6.45) is 4.00. The molecule has 0 spiro atoms. The quantitative estimate of drug-likeness (QED) is 0.331. The summed E-state index contributed by atoms with van der Waals surface area (Å²) < 4.78 is 29.4. The van der Waals surface area contributed by atoms with Crippen LogP contribution in [0.2, 0.25) is 0 Å². The molecule has 1 aliphatic rings. The predicted octanol–water partition coefficient (Wildman–Crippen LogP) is 5.43. The lowest BCUT2D eigenvalue weighted by molar-refractivity contribution is -0.139. The molecule has 7 nitrogen and oxygen atoms in total. The van der Waals surface area contributed by atoms with Gasteiger partial charge < -0.3 is 10.2 Å². The Morgan fingerprint density at radius 2 is 1.67 bits per heavy atom. The van der Waals surface area contributed by atoms with Crippen molar-refractivity contribution < 1.29 is 18.0 Å². The average molecular weight is 613 g/mol. The summed E-state index contributed by atoms with van der Waals surface area (Å²) in [5, 5.41) is 3.09. The fourth-order valence-corrected chi connectivity index (χ4v) is 6.68. The fraction of sp³-hybridized carbons (Fsp3) is 0.333. The van der Waals surface area contributed by atoms with Crippen LogP contribution in [0.1, 0.15) is 43.7 Å². The Hall–Kier alpha value is -3.17. The monoisotopic (exact) mass is 611 g/mol. The van der Waals surface area contributed by atoms with E-state index in [0.29, 0.717) is 10.2 Å². The molecule has 39 heavy (non-hydrogen) atoms. The van der Waals surface area contributed by atoms with Gasteiger partial charge in [-0.15, -0.1) is 0 Å². The van der Waals surface area contributed by atoms with Crippen LogP contribution in [0, 0.1) is 6.92 Å². The number of carbonyl (C=O) groups is 2. The number of aryl methyl sites for hydroxylation is 1. The Morgan fingerprint density at radius 1 is 0.974 bits per heavy atom. The van der Waals surface area contributed by atoms with E-state index in [9.17, 15) is 18.0 Å². The minimum Gasteiger partial charge on any atom is -0.352 e. The molecule has 0 radical (unpaired) electrons. The van der Waals surface area contributed by atoms with E-state index in [0.717, 1.165) is 41.1 Å². The van der Waals surface area contributed by atoms with Crippen molar-refractivity contribution >= 4 is 43.5 Å². The molecule has 0 heterocycles. The third-order valence-corrected chi connectivity index (χ3v) is 9.29. The molecule has 1 N–H and O–H groups in total. The van der Waals surface area contributed by atoms with Crippen molar-refractivity contribution in [2.24, 2.45) is 0 Å². The van der Waals surface area contributed by atoms with E-state index in [-0.39, 0.29) is 23.4 Å². The van der Waals surface area contributed by atoms with Crippen molar-refractivity contribution in [3.05, 3.63) is 94.5 Å². The van der Waals surface area contributed by atoms with Gasteiger partial charge >= 0.3 is 0 Å². The second-order valence-corrected chi connectivity index (χ2v) is 12.8. The van der Waals surface area contributed by atoms with E-state index in [2.05, 4.69) is 21.2 Å². The molecule has 9 heteroatoms. The van der Waals surface area contributed by atoms with Crippen LogP contribution < -0.4 is 9.62 Å². The van der Waals surface area contributed by atoms with Gasteiger partial charge in [-0.25, -0.2) is 8.42 Å². The Labute approximate surface area is 239 Å². The Kier molecular flexibility index (Phi) is 9.45. The second-order valence-electron chi connectivity index (χ2n) is 9.98. The van der Waals surface area contributed by atoms with E-state index in [1.54, 1.807) is 49.4 Å². The van der Waals surface area contributed by atoms with Crippen LogP contribution in [0.5, 0.6) is 0 Å². The van der Waals surface area contributed by atoms with Crippen molar-refractivity contribution in [3.63, 3.8) is 0 Å². The normalized spacial score (nSPS) is 14.5. The molecule has 206 valence electrons. The first kappa shape index (κ1) is 28.8. The molecule has 3 aromatic carbocycles. The SMILES string of the molecule is Cc1cccc(CN(C(=O)CN(c2cccc(Br)c2)S(=O)(=O)c2ccccc2)C(C)C(=O)NC2CCCC2)c1. The number of benzene rings is 3. The van der Waals surface area contributed by atoms with E-state index in [4.69, 9.17) is 0 Å². The van der Waals surface area contributed by atoms with Gasteiger partial charge in [0.1, 0.15) is 12.6 Å². The minimum atomic E-state index is -4.08. The number of anilines is 1. The van der Waals surface area contributed by atoms with E-state index in [1.807, 2.05) is 31.2 Å². The van der Waals surface area contributed by atoms with Crippen LogP contribution in [-0.4, -0.2) is 43.8 Å². The smallest absolute Gasteiger partial charge is 0.264 e. The van der Waals surface area contributed by atoms with Gasteiger partial charge in [0.15, 0.2) is 0 Å². The van der Waals surface area contributed by atoms with Crippen molar-refractivity contribution in [1.82, 2.24) is 10.2 Å². The number of carbonyl (C=O) groups excluding carboxylic acids is 2. The topological polar surface area (TPSA) is 86.8 Å². The summed E-state index contributed by atoms with van der Waals surface area (Å²) in [7, 11) is -4.08. The summed E-state index contributed by atoms with van der Waals surface area (Å²) >= 11 is 3.41. The first-order valence-electron chi connectivity index (χ1n) is 13.1. The number of hydrogen-bond donors (Lipinski definition) is 1. The first-order chi connectivity index (χ1) is 18.6. The molecule has 0 aliphatic heterocycles. The number of sulfonamides is 1. The van der Waals surface area contributed by atoms with E-state index >= 15 is 0 Å². The maximum atomic E-state index is 14.0. The molecule has 0 bridgehead atoms. The molecule has 3 aromatic rings. The number of hydrogen-bond acceptors (Lipinski definition) is 4. The van der Waals surface area contributed by atoms with Gasteiger partial charge in [0.05, 0.1) is 10.6 Å². The van der Waals surface area contributed by atoms with Crippen molar-refractivity contribution in [1.29, 1.82) is 0 Å². The second kappa shape index (κ2) is 12.8. The van der Waals surface area contributed by atoms with Crippen LogP contribution in [-0.2, 0) is 26.2 Å². The zero-order valence-corrected chi connectivity index (χ0v) is 24.6. The lowest BCUT2D eigenvalue weighted by Gasteiger charge is -2.32. The number of halogens is 1. The van der Waals surface area contributed by atoms with Gasteiger partial charge in [-0.1, -0.05) is 82.9 Å². The van der Waals surface area contributed by atoms with Crippen molar-refractivity contribution in [2.45, 2.75) is 63.1 Å². The molecular formula is C30H34BrN3O4S. The average Bonchev–Trinajstić information content (AvgIpc) is 3.43. The van der Waals surface area contributed by atoms with Gasteiger partial charge in [-0.3, -0.25) is 13.9 Å². The highest BCUT2D eigenvalue weighted by Crippen LogP contribution is 2.27. The lowest BCUT2D eigenvalue weighted by atomic mass is 10.1. The van der Waals surface area contributed by atoms with Gasteiger partial charge in [0.25, 0.3) is 10.0 Å². The molecule has 1 atom stereocenters. The zero-order valence-electron chi connectivity index (χ0n) is 22.2. The summed E-state index contributed by atoms with van der Waals surface area (Å²) in [4.78, 5) is 28.8. The molecule has 1 aliphatic carbocycles. The first-order valence-corrected chi connectivity index (χ1v) is 15.4. The highest BCUT2D eigenvalue weighted by Gasteiger charge is 2.33. The van der Waals surface area contributed by atoms with Crippen LogP contribution in [0.15, 0.2) is 88.2 Å². The third-order valence-electron chi connectivity index (χ3n) is 7.01. The molecule has 0 saturated heterocycles. The number of amides is 2. The number of nitrogens with one attached hydrogen (secondary N) is 1. The van der Waals surface area contributed by atoms with E-state index < -0.39 is 28.5 Å². The van der Waals surface area contributed by atoms with Crippen LogP contribution in [0.25, 0.3) is 0 Å². The van der Waals surface area contributed by atoms with Gasteiger partial charge in [-0.2, -0.15) is 0 Å². The molecule has 1 saturated carbocycles. The van der Waals surface area contributed by atoms with Gasteiger partial charge in [0.2, 0.25) is 11.8 Å². The summed E-state index contributed by atoms with van der Waals surface area (Å²) in [5.74, 6) is -0.701. The Bertz CT molecular complexity index is 1410. The highest BCUT2D eigenvalue weighted by atomic mass is 79.9. The van der Waals surface area contributed by atoms with Crippen molar-refractivity contribution in [2.75, 3.05) is 10.8 Å². The predicted molar refractivity (Wildman–Crippen MR) is 157 cm³/mol. The molecule has 4 rings (SSSR count). The van der Waals surface area contributed by atoms with E-state index in [1.165, 1.54) is 17.0 Å². The minimum absolute atomic E-state index is 0.0787. The van der Waals surface area contributed by atoms with Crippen LogP contribution >= 0.6 is 15.9 Å². The fourth-order valence-electron chi connectivity index (χ4n) is 4.86. The van der Waals surface area contributed by atoms with Crippen LogP contribution in [0.3, 0.4) is 0 Å². The Morgan fingerprint density at radius 3 is 2.33 bits per heavy atom. The lowest BCUT2D eigenvalue weighted by Crippen LogP contribution is -2.52. The molecule has 1 fully saturated rings. The zero-order chi connectivity index (χ0) is 28.0. The highest BCUT2D eigenvalue weighted by molar-refractivity contribution is 9.10. The van der Waals surface area contributed by atoms with Crippen LogP contribution in [0.4, 0.5) is 5.69 Å². The summed E-state index contributed by atoms with van der Waals surface area (Å²) in [5.41, 5.74) is 2.24. The maximum Gasteiger partial charge on any atom is 0.264 e. The molecular weight excluding hydrogens is 578 g/mol. The van der Waals surface area contributed by atoms with Gasteiger partial charge in [0, 0.05) is 17.1 Å². The van der Waals surface area contributed by atoms with Crippen molar-refractivity contribution in [3.8, 4) is 0 Å². The maximum absolute atomic E-state index is 14.0. The Balaban J connectivity index is 1.68. The molecule has 1 unspecified atom stereocenters. The van der Waals surface area contributed by atoms with Gasteiger partial charge in [-0.05, 0) is 62.6 Å². The third kappa shape index (κ3) is 7.28. The summed E-state index contributed by atoms with van der Waals surface area (Å²) in [6.45, 7) is 3.39. The summed E-state index contributed by atoms with van der Waals surface area (Å²) in [6, 6.07) is 21.9. The number of nitrogens with zero attached hydrogens (tertiary/aromatic N) is 2. The standard InChI is InChI=1S/C30H34BrN3O4S/c1-22-10-8-11-24(18-22)20-33(23(2)30(36)32-26-13-6-7-14-26)29(35)21-34(27-15-9-12-25(31)19-27)39(37,38)28-16-4-3-5-17-28/h3-5,8-12,15-19,23,26H,6-7,13-14,20-21H2,1-2H3,(H,32,36). The number of rotatable bonds is 10.